The molecule has 24 heavy (non-hydrogen) atoms. The molecule has 0 radical (unpaired) electrons. The van der Waals surface area contributed by atoms with Crippen molar-refractivity contribution in [1.29, 1.82) is 0 Å². The molecule has 1 fully saturated rings. The van der Waals surface area contributed by atoms with E-state index in [0.29, 0.717) is 16.6 Å². The molecule has 1 aromatic carbocycles. The van der Waals surface area contributed by atoms with Crippen LogP contribution in [0.2, 0.25) is 0 Å². The Kier molecular flexibility index (Phi) is 4.84. The number of rotatable bonds is 7. The summed E-state index contributed by atoms with van der Waals surface area (Å²) in [5, 5.41) is 21.0. The van der Waals surface area contributed by atoms with Crippen LogP contribution in [-0.2, 0) is 9.59 Å². The molecule has 6 nitrogen and oxygen atoms in total. The van der Waals surface area contributed by atoms with Crippen LogP contribution in [0.5, 0.6) is 0 Å². The van der Waals surface area contributed by atoms with Crippen molar-refractivity contribution in [3.63, 3.8) is 0 Å². The lowest BCUT2D eigenvalue weighted by Crippen LogP contribution is -2.17. The predicted molar refractivity (Wildman–Crippen MR) is 86.5 cm³/mol. The third-order valence-electron chi connectivity index (χ3n) is 3.81. The molecule has 1 atom stereocenters. The topological polar surface area (TPSA) is 92.2 Å². The average Bonchev–Trinajstić information content (AvgIpc) is 3.27. The van der Waals surface area contributed by atoms with Gasteiger partial charge in [-0.1, -0.05) is 23.5 Å². The smallest absolute Gasteiger partial charge is 0.303 e. The first kappa shape index (κ1) is 16.5. The van der Waals surface area contributed by atoms with E-state index in [-0.39, 0.29) is 18.7 Å². The number of aliphatic carboxylic acids is 1. The number of carbonyl (C=O) groups is 2. The molecule has 1 heterocycles. The van der Waals surface area contributed by atoms with Gasteiger partial charge < -0.3 is 10.4 Å². The van der Waals surface area contributed by atoms with E-state index in [4.69, 9.17) is 5.11 Å². The summed E-state index contributed by atoms with van der Waals surface area (Å²) in [7, 11) is 0. The molecular weight excluding hydrogens is 333 g/mol. The van der Waals surface area contributed by atoms with Crippen molar-refractivity contribution in [2.24, 2.45) is 0 Å². The van der Waals surface area contributed by atoms with E-state index in [1.165, 1.54) is 35.6 Å². The molecule has 2 N–H and O–H groups in total. The highest BCUT2D eigenvalue weighted by Crippen LogP contribution is 2.42. The van der Waals surface area contributed by atoms with Gasteiger partial charge in [0.05, 0.1) is 6.42 Å². The predicted octanol–water partition coefficient (Wildman–Crippen LogP) is 3.14. The molecule has 1 aliphatic rings. The summed E-state index contributed by atoms with van der Waals surface area (Å²) in [5.74, 6) is -1.81. The number of amides is 1. The zero-order valence-electron chi connectivity index (χ0n) is 12.7. The number of nitrogens with one attached hydrogen (secondary N) is 1. The number of aromatic nitrogens is 2. The number of hydrogen-bond donors (Lipinski definition) is 2. The van der Waals surface area contributed by atoms with Gasteiger partial charge in [-0.25, -0.2) is 4.39 Å². The molecule has 2 aromatic rings. The van der Waals surface area contributed by atoms with E-state index in [0.717, 1.165) is 17.8 Å². The van der Waals surface area contributed by atoms with E-state index >= 15 is 0 Å². The summed E-state index contributed by atoms with van der Waals surface area (Å²) >= 11 is 1.35. The van der Waals surface area contributed by atoms with Gasteiger partial charge in [-0.2, -0.15) is 0 Å². The number of anilines is 1. The molecule has 126 valence electrons. The summed E-state index contributed by atoms with van der Waals surface area (Å²) in [4.78, 5) is 23.2. The standard InChI is InChI=1S/C16H16FN3O3S/c17-12-5-3-9(4-6-12)11(8-14(22)23)7-13(21)18-16-20-19-15(24-16)10-1-2-10/h3-6,10-11H,1-2,7-8H2,(H,22,23)(H,18,20,21). The van der Waals surface area contributed by atoms with Crippen LogP contribution in [-0.4, -0.2) is 27.2 Å². The number of carboxylic acid groups (broad SMARTS) is 1. The normalized spacial score (nSPS) is 15.0. The number of halogens is 1. The number of carbonyl (C=O) groups excluding carboxylic acids is 1. The average molecular weight is 349 g/mol. The minimum absolute atomic E-state index is 0.0176. The Bertz CT molecular complexity index is 743. The second-order valence-electron chi connectivity index (χ2n) is 5.82. The maximum absolute atomic E-state index is 13.0. The van der Waals surface area contributed by atoms with Crippen molar-refractivity contribution in [2.45, 2.75) is 37.5 Å². The molecule has 3 rings (SSSR count). The zero-order valence-corrected chi connectivity index (χ0v) is 13.6. The van der Waals surface area contributed by atoms with Crippen molar-refractivity contribution in [1.82, 2.24) is 10.2 Å². The van der Waals surface area contributed by atoms with Crippen LogP contribution in [0.15, 0.2) is 24.3 Å². The minimum Gasteiger partial charge on any atom is -0.481 e. The van der Waals surface area contributed by atoms with Gasteiger partial charge in [-0.05, 0) is 30.5 Å². The van der Waals surface area contributed by atoms with Crippen molar-refractivity contribution < 1.29 is 19.1 Å². The highest BCUT2D eigenvalue weighted by molar-refractivity contribution is 7.15. The lowest BCUT2D eigenvalue weighted by molar-refractivity contribution is -0.137. The lowest BCUT2D eigenvalue weighted by atomic mass is 9.92. The Hall–Kier alpha value is -2.35. The quantitative estimate of drug-likeness (QED) is 0.801. The fraction of sp³-hybridized carbons (Fsp3) is 0.375. The molecular formula is C16H16FN3O3S. The van der Waals surface area contributed by atoms with Gasteiger partial charge in [0, 0.05) is 18.3 Å². The molecule has 1 aromatic heterocycles. The van der Waals surface area contributed by atoms with Crippen molar-refractivity contribution >= 4 is 28.3 Å². The Morgan fingerprint density at radius 1 is 1.25 bits per heavy atom. The molecule has 1 unspecified atom stereocenters. The molecule has 1 aliphatic carbocycles. The van der Waals surface area contributed by atoms with Gasteiger partial charge in [0.1, 0.15) is 10.8 Å². The van der Waals surface area contributed by atoms with Gasteiger partial charge >= 0.3 is 5.97 Å². The highest BCUT2D eigenvalue weighted by atomic mass is 32.1. The first-order valence-corrected chi connectivity index (χ1v) is 8.43. The fourth-order valence-corrected chi connectivity index (χ4v) is 3.36. The molecule has 1 amide bonds. The van der Waals surface area contributed by atoms with Crippen molar-refractivity contribution in [2.75, 3.05) is 5.32 Å². The summed E-state index contributed by atoms with van der Waals surface area (Å²) in [6, 6.07) is 5.53. The maximum Gasteiger partial charge on any atom is 0.303 e. The fourth-order valence-electron chi connectivity index (χ4n) is 2.43. The molecule has 0 bridgehead atoms. The van der Waals surface area contributed by atoms with Crippen molar-refractivity contribution in [3.05, 3.63) is 40.7 Å². The summed E-state index contributed by atoms with van der Waals surface area (Å²) in [6.07, 6.45) is 1.99. The van der Waals surface area contributed by atoms with Gasteiger partial charge in [-0.15, -0.1) is 10.2 Å². The van der Waals surface area contributed by atoms with E-state index in [2.05, 4.69) is 15.5 Å². The van der Waals surface area contributed by atoms with Crippen LogP contribution in [0, 0.1) is 5.82 Å². The summed E-state index contributed by atoms with van der Waals surface area (Å²) in [6.45, 7) is 0. The zero-order chi connectivity index (χ0) is 17.1. The Balaban J connectivity index is 1.65. The van der Waals surface area contributed by atoms with Crippen LogP contribution >= 0.6 is 11.3 Å². The van der Waals surface area contributed by atoms with Crippen LogP contribution in [0.4, 0.5) is 9.52 Å². The number of hydrogen-bond acceptors (Lipinski definition) is 5. The van der Waals surface area contributed by atoms with Gasteiger partial charge in [0.15, 0.2) is 0 Å². The van der Waals surface area contributed by atoms with Gasteiger partial charge in [-0.3, -0.25) is 9.59 Å². The van der Waals surface area contributed by atoms with Crippen LogP contribution < -0.4 is 5.32 Å². The SMILES string of the molecule is O=C(O)CC(CC(=O)Nc1nnc(C2CC2)s1)c1ccc(F)cc1. The first-order chi connectivity index (χ1) is 11.5. The lowest BCUT2D eigenvalue weighted by Gasteiger charge is -2.14. The second-order valence-corrected chi connectivity index (χ2v) is 6.83. The molecule has 0 aliphatic heterocycles. The molecule has 1 saturated carbocycles. The van der Waals surface area contributed by atoms with E-state index in [1.807, 2.05) is 0 Å². The summed E-state index contributed by atoms with van der Waals surface area (Å²) < 4.78 is 13.0. The molecule has 0 saturated heterocycles. The van der Waals surface area contributed by atoms with E-state index < -0.39 is 17.7 Å². The third-order valence-corrected chi connectivity index (χ3v) is 4.81. The van der Waals surface area contributed by atoms with E-state index in [9.17, 15) is 14.0 Å². The van der Waals surface area contributed by atoms with Gasteiger partial charge in [0.2, 0.25) is 11.0 Å². The molecule has 8 heteroatoms. The molecule has 0 spiro atoms. The highest BCUT2D eigenvalue weighted by Gasteiger charge is 2.28. The number of nitrogens with zero attached hydrogens (tertiary/aromatic N) is 2. The number of carboxylic acids is 1. The first-order valence-electron chi connectivity index (χ1n) is 7.62. The van der Waals surface area contributed by atoms with Crippen LogP contribution in [0.25, 0.3) is 0 Å². The Labute approximate surface area is 141 Å². The monoisotopic (exact) mass is 349 g/mol. The minimum atomic E-state index is -1.01. The largest absolute Gasteiger partial charge is 0.481 e. The Morgan fingerprint density at radius 2 is 1.96 bits per heavy atom. The Morgan fingerprint density at radius 3 is 2.58 bits per heavy atom. The maximum atomic E-state index is 13.0. The summed E-state index contributed by atoms with van der Waals surface area (Å²) in [5.41, 5.74) is 0.616. The third kappa shape index (κ3) is 4.35. The van der Waals surface area contributed by atoms with E-state index in [1.54, 1.807) is 0 Å². The number of benzene rings is 1. The van der Waals surface area contributed by atoms with Crippen LogP contribution in [0.3, 0.4) is 0 Å². The second kappa shape index (κ2) is 7.04. The van der Waals surface area contributed by atoms with Crippen LogP contribution in [0.1, 0.15) is 48.1 Å². The van der Waals surface area contributed by atoms with Gasteiger partial charge in [0.25, 0.3) is 0 Å². The van der Waals surface area contributed by atoms with Crippen molar-refractivity contribution in [3.8, 4) is 0 Å².